The minimum Gasteiger partial charge on any atom is -0.456 e. The highest BCUT2D eigenvalue weighted by atomic mass is 35.5. The van der Waals surface area contributed by atoms with Crippen molar-refractivity contribution in [2.24, 2.45) is 5.92 Å². The smallest absolute Gasteiger partial charge is 0.303 e. The number of hydrogen-bond acceptors (Lipinski definition) is 5. The summed E-state index contributed by atoms with van der Waals surface area (Å²) in [6.07, 6.45) is 5.18. The minimum absolute atomic E-state index is 0.0739. The third-order valence-electron chi connectivity index (χ3n) is 5.12. The van der Waals surface area contributed by atoms with Crippen LogP contribution in [-0.4, -0.2) is 16.9 Å². The molecule has 1 amide bonds. The van der Waals surface area contributed by atoms with E-state index in [0.29, 0.717) is 21.8 Å². The van der Waals surface area contributed by atoms with Gasteiger partial charge in [0.15, 0.2) is 5.13 Å². The molecule has 0 saturated heterocycles. The molecule has 3 rings (SSSR count). The van der Waals surface area contributed by atoms with Gasteiger partial charge in [0, 0.05) is 17.3 Å². The van der Waals surface area contributed by atoms with Gasteiger partial charge in [0.2, 0.25) is 5.91 Å². The van der Waals surface area contributed by atoms with Gasteiger partial charge < -0.3 is 10.1 Å². The van der Waals surface area contributed by atoms with Crippen molar-refractivity contribution in [2.75, 3.05) is 5.32 Å². The van der Waals surface area contributed by atoms with Crippen LogP contribution in [0.3, 0.4) is 0 Å². The van der Waals surface area contributed by atoms with E-state index in [1.807, 2.05) is 24.3 Å². The molecule has 1 N–H and O–H groups in total. The second kappa shape index (κ2) is 9.52. The van der Waals surface area contributed by atoms with E-state index in [2.05, 4.69) is 10.3 Å². The van der Waals surface area contributed by atoms with Crippen molar-refractivity contribution >= 4 is 39.9 Å². The molecular weight excluding hydrogens is 396 g/mol. The molecule has 150 valence electrons. The maximum absolute atomic E-state index is 13.1. The number of rotatable bonds is 7. The summed E-state index contributed by atoms with van der Waals surface area (Å²) in [5.74, 6) is -0.135. The lowest BCUT2D eigenvalue weighted by Crippen LogP contribution is -2.23. The maximum Gasteiger partial charge on any atom is 0.303 e. The third kappa shape index (κ3) is 5.55. The van der Waals surface area contributed by atoms with Crippen LogP contribution in [0.1, 0.15) is 69.2 Å². The number of nitrogens with zero attached hydrogens (tertiary/aromatic N) is 1. The minimum atomic E-state index is -0.443. The molecule has 0 radical (unpaired) electrons. The molecule has 1 aromatic heterocycles. The summed E-state index contributed by atoms with van der Waals surface area (Å²) in [5, 5.41) is 5.89. The van der Waals surface area contributed by atoms with Crippen LogP contribution in [-0.2, 0) is 14.3 Å². The number of esters is 1. The number of carbonyl (C=O) groups is 2. The molecule has 7 heteroatoms. The first kappa shape index (κ1) is 20.8. The predicted molar refractivity (Wildman–Crippen MR) is 112 cm³/mol. The van der Waals surface area contributed by atoms with Crippen LogP contribution < -0.4 is 5.32 Å². The van der Waals surface area contributed by atoms with Crippen LogP contribution in [0.2, 0.25) is 5.02 Å². The highest BCUT2D eigenvalue weighted by Gasteiger charge is 2.27. The molecule has 0 spiro atoms. The number of aromatic nitrogens is 1. The topological polar surface area (TPSA) is 68.3 Å². The summed E-state index contributed by atoms with van der Waals surface area (Å²) in [6.45, 7) is 3.13. The predicted octanol–water partition coefficient (Wildman–Crippen LogP) is 5.72. The highest BCUT2D eigenvalue weighted by molar-refractivity contribution is 7.13. The van der Waals surface area contributed by atoms with E-state index in [0.717, 1.165) is 12.0 Å². The molecule has 1 heterocycles. The van der Waals surface area contributed by atoms with E-state index in [4.69, 9.17) is 16.3 Å². The van der Waals surface area contributed by atoms with Crippen LogP contribution in [0.25, 0.3) is 0 Å². The van der Waals surface area contributed by atoms with E-state index in [1.54, 1.807) is 12.3 Å². The summed E-state index contributed by atoms with van der Waals surface area (Å²) in [5.41, 5.74) is 1.56. The van der Waals surface area contributed by atoms with Gasteiger partial charge in [-0.2, -0.15) is 0 Å². The first-order valence-corrected chi connectivity index (χ1v) is 10.9. The fourth-order valence-corrected chi connectivity index (χ4v) is 4.72. The number of amides is 1. The van der Waals surface area contributed by atoms with Crippen molar-refractivity contribution < 1.29 is 14.3 Å². The molecule has 2 atom stereocenters. The molecule has 1 saturated carbocycles. The molecule has 28 heavy (non-hydrogen) atoms. The largest absolute Gasteiger partial charge is 0.456 e. The van der Waals surface area contributed by atoms with E-state index in [-0.39, 0.29) is 17.8 Å². The van der Waals surface area contributed by atoms with Crippen molar-refractivity contribution in [3.8, 4) is 0 Å². The number of anilines is 1. The molecule has 0 bridgehead atoms. The first-order chi connectivity index (χ1) is 13.4. The Morgan fingerprint density at radius 2 is 2.11 bits per heavy atom. The average Bonchev–Trinajstić information content (AvgIpc) is 3.30. The van der Waals surface area contributed by atoms with Crippen LogP contribution in [0, 0.1) is 5.92 Å². The summed E-state index contributed by atoms with van der Waals surface area (Å²) in [7, 11) is 0. The molecule has 5 nitrogen and oxygen atoms in total. The van der Waals surface area contributed by atoms with E-state index in [1.165, 1.54) is 43.9 Å². The zero-order valence-corrected chi connectivity index (χ0v) is 17.7. The zero-order valence-electron chi connectivity index (χ0n) is 16.1. The van der Waals surface area contributed by atoms with Gasteiger partial charge in [-0.25, -0.2) is 4.98 Å². The Hall–Kier alpha value is -1.92. The summed E-state index contributed by atoms with van der Waals surface area (Å²) < 4.78 is 5.15. The van der Waals surface area contributed by atoms with Crippen LogP contribution >= 0.6 is 22.9 Å². The van der Waals surface area contributed by atoms with E-state index < -0.39 is 6.10 Å². The van der Waals surface area contributed by atoms with E-state index >= 15 is 0 Å². The van der Waals surface area contributed by atoms with Crippen molar-refractivity contribution in [3.05, 3.63) is 45.9 Å². The maximum atomic E-state index is 13.1. The van der Waals surface area contributed by atoms with Crippen molar-refractivity contribution in [3.63, 3.8) is 0 Å². The number of hydrogen-bond donors (Lipinski definition) is 1. The van der Waals surface area contributed by atoms with Gasteiger partial charge in [-0.1, -0.05) is 49.4 Å². The normalized spacial score (nSPS) is 16.5. The number of carbonyl (C=O) groups excluding carboxylic acids is 2. The average molecular weight is 421 g/mol. The van der Waals surface area contributed by atoms with Crippen LogP contribution in [0.5, 0.6) is 0 Å². The molecule has 1 aromatic carbocycles. The van der Waals surface area contributed by atoms with Crippen LogP contribution in [0.4, 0.5) is 5.13 Å². The molecule has 2 unspecified atom stereocenters. The molecule has 1 fully saturated rings. The van der Waals surface area contributed by atoms with Crippen molar-refractivity contribution in [1.82, 2.24) is 4.98 Å². The number of ether oxygens (including phenoxy) is 1. The number of benzene rings is 1. The Morgan fingerprint density at radius 1 is 1.36 bits per heavy atom. The lowest BCUT2D eigenvalue weighted by Gasteiger charge is -2.20. The molecule has 0 aliphatic heterocycles. The van der Waals surface area contributed by atoms with Gasteiger partial charge in [0.1, 0.15) is 6.10 Å². The Labute approximate surface area is 174 Å². The monoisotopic (exact) mass is 420 g/mol. The Morgan fingerprint density at radius 3 is 2.79 bits per heavy atom. The van der Waals surface area contributed by atoms with E-state index in [9.17, 15) is 9.59 Å². The summed E-state index contributed by atoms with van der Waals surface area (Å²) in [6, 6.07) is 7.53. The van der Waals surface area contributed by atoms with Gasteiger partial charge in [-0.05, 0) is 37.0 Å². The molecular formula is C21H25ClN2O3S. The van der Waals surface area contributed by atoms with Crippen molar-refractivity contribution in [1.29, 1.82) is 0 Å². The second-order valence-electron chi connectivity index (χ2n) is 7.31. The number of thiazole rings is 1. The molecule has 1 aliphatic carbocycles. The zero-order chi connectivity index (χ0) is 20.1. The Bertz CT molecular complexity index is 833. The number of halogens is 1. The van der Waals surface area contributed by atoms with Gasteiger partial charge in [-0.15, -0.1) is 11.3 Å². The lowest BCUT2D eigenvalue weighted by molar-refractivity contribution is -0.146. The molecule has 2 aromatic rings. The molecule has 1 aliphatic rings. The van der Waals surface area contributed by atoms with Gasteiger partial charge in [0.05, 0.1) is 11.6 Å². The highest BCUT2D eigenvalue weighted by Crippen LogP contribution is 2.35. The number of nitrogens with one attached hydrogen (secondary N) is 1. The lowest BCUT2D eigenvalue weighted by atomic mass is 9.87. The summed E-state index contributed by atoms with van der Waals surface area (Å²) >= 11 is 7.50. The second-order valence-corrected chi connectivity index (χ2v) is 8.61. The van der Waals surface area contributed by atoms with Gasteiger partial charge in [-0.3, -0.25) is 9.59 Å². The fourth-order valence-electron chi connectivity index (χ4n) is 3.73. The van der Waals surface area contributed by atoms with Crippen molar-refractivity contribution in [2.45, 2.75) is 58.0 Å². The quantitative estimate of drug-likeness (QED) is 0.581. The van der Waals surface area contributed by atoms with Gasteiger partial charge >= 0.3 is 5.97 Å². The van der Waals surface area contributed by atoms with Crippen LogP contribution in [0.15, 0.2) is 29.6 Å². The Kier molecular flexibility index (Phi) is 7.08. The first-order valence-electron chi connectivity index (χ1n) is 9.61. The standard InChI is InChI=1S/C21H25ClN2O3S/c1-13(27-14(2)25)19-12-28-21(23-19)24-20(26)18(10-15-6-3-4-7-15)16-8-5-9-17(22)11-16/h5,8-9,11-13,15,18H,3-4,6-7,10H2,1-2H3,(H,23,24,26). The third-order valence-corrected chi connectivity index (χ3v) is 6.13. The fraction of sp³-hybridized carbons (Fsp3) is 0.476. The van der Waals surface area contributed by atoms with Gasteiger partial charge in [0.25, 0.3) is 0 Å². The Balaban J connectivity index is 1.74. The summed E-state index contributed by atoms with van der Waals surface area (Å²) in [4.78, 5) is 28.6. The SMILES string of the molecule is CC(=O)OC(C)c1csc(NC(=O)C(CC2CCCC2)c2cccc(Cl)c2)n1.